The van der Waals surface area contributed by atoms with Crippen molar-refractivity contribution >= 4 is 5.96 Å². The third kappa shape index (κ3) is 6.14. The summed E-state index contributed by atoms with van der Waals surface area (Å²) in [4.78, 5) is 4.18. The van der Waals surface area contributed by atoms with Crippen molar-refractivity contribution in [3.63, 3.8) is 0 Å². The maximum absolute atomic E-state index is 9.54. The second-order valence-corrected chi connectivity index (χ2v) is 5.56. The highest BCUT2D eigenvalue weighted by Gasteiger charge is 2.17. The summed E-state index contributed by atoms with van der Waals surface area (Å²) in [6, 6.07) is 9.97. The highest BCUT2D eigenvalue weighted by Crippen LogP contribution is 2.13. The van der Waals surface area contributed by atoms with Crippen molar-refractivity contribution in [2.75, 3.05) is 33.9 Å². The fraction of sp³-hybridized carbons (Fsp3) is 0.562. The zero-order valence-electron chi connectivity index (χ0n) is 13.4. The summed E-state index contributed by atoms with van der Waals surface area (Å²) < 4.78 is 5.36. The number of ether oxygens (including phenoxy) is 1. The Hall–Kier alpha value is -1.59. The van der Waals surface area contributed by atoms with Crippen LogP contribution in [0.1, 0.15) is 25.3 Å². The third-order valence-corrected chi connectivity index (χ3v) is 3.47. The van der Waals surface area contributed by atoms with Gasteiger partial charge in [-0.15, -0.1) is 0 Å². The second kappa shape index (κ2) is 8.64. The number of nitrogens with one attached hydrogen (secondary N) is 2. The molecule has 0 aliphatic rings. The van der Waals surface area contributed by atoms with Gasteiger partial charge in [-0.1, -0.05) is 30.3 Å². The van der Waals surface area contributed by atoms with Crippen LogP contribution < -0.4 is 10.6 Å². The number of nitrogens with zero attached hydrogens (tertiary/aromatic N) is 1. The Morgan fingerprint density at radius 1 is 1.29 bits per heavy atom. The first kappa shape index (κ1) is 17.5. The Kier molecular flexibility index (Phi) is 7.19. The maximum atomic E-state index is 9.54. The van der Waals surface area contributed by atoms with Gasteiger partial charge in [-0.05, 0) is 19.4 Å². The van der Waals surface area contributed by atoms with E-state index in [9.17, 15) is 5.11 Å². The molecule has 1 rings (SSSR count). The summed E-state index contributed by atoms with van der Waals surface area (Å²) in [5, 5.41) is 16.0. The van der Waals surface area contributed by atoms with Gasteiger partial charge in [0.25, 0.3) is 0 Å². The van der Waals surface area contributed by atoms with Gasteiger partial charge in [0.15, 0.2) is 5.96 Å². The molecule has 0 aromatic heterocycles. The van der Waals surface area contributed by atoms with Gasteiger partial charge in [0.2, 0.25) is 0 Å². The molecule has 0 fully saturated rings. The Balaban J connectivity index is 2.51. The lowest BCUT2D eigenvalue weighted by Gasteiger charge is -2.25. The number of guanidine groups is 1. The van der Waals surface area contributed by atoms with E-state index in [-0.39, 0.29) is 18.1 Å². The van der Waals surface area contributed by atoms with E-state index in [0.29, 0.717) is 19.0 Å². The van der Waals surface area contributed by atoms with Crippen molar-refractivity contribution in [2.24, 2.45) is 4.99 Å². The largest absolute Gasteiger partial charge is 0.396 e. The van der Waals surface area contributed by atoms with Gasteiger partial charge in [0.05, 0.1) is 12.2 Å². The number of benzene rings is 1. The quantitative estimate of drug-likeness (QED) is 0.524. The second-order valence-electron chi connectivity index (χ2n) is 5.56. The molecule has 1 unspecified atom stereocenters. The number of methoxy groups -OCH3 is 1. The van der Waals surface area contributed by atoms with Gasteiger partial charge in [-0.3, -0.25) is 4.99 Å². The summed E-state index contributed by atoms with van der Waals surface area (Å²) in [5.41, 5.74) is 0.855. The molecular formula is C16H27N3O2. The highest BCUT2D eigenvalue weighted by molar-refractivity contribution is 5.79. The lowest BCUT2D eigenvalue weighted by atomic mass is 10.0. The van der Waals surface area contributed by atoms with Crippen LogP contribution in [0.4, 0.5) is 0 Å². The Morgan fingerprint density at radius 3 is 2.48 bits per heavy atom. The first-order chi connectivity index (χ1) is 10.0. The number of aliphatic imine (C=N–C) groups is 1. The van der Waals surface area contributed by atoms with E-state index in [1.807, 2.05) is 44.2 Å². The molecule has 0 aliphatic carbocycles. The minimum Gasteiger partial charge on any atom is -0.396 e. The monoisotopic (exact) mass is 293 g/mol. The van der Waals surface area contributed by atoms with Crippen LogP contribution in [0.3, 0.4) is 0 Å². The normalized spacial score (nSPS) is 13.9. The van der Waals surface area contributed by atoms with Crippen LogP contribution >= 0.6 is 0 Å². The molecular weight excluding hydrogens is 266 g/mol. The number of aliphatic hydroxyl groups is 1. The zero-order valence-corrected chi connectivity index (χ0v) is 13.4. The molecule has 1 aromatic carbocycles. The Bertz CT molecular complexity index is 432. The molecule has 1 aromatic rings. The van der Waals surface area contributed by atoms with E-state index >= 15 is 0 Å². The molecule has 0 radical (unpaired) electrons. The molecule has 5 heteroatoms. The molecule has 0 saturated heterocycles. The fourth-order valence-corrected chi connectivity index (χ4v) is 1.82. The van der Waals surface area contributed by atoms with E-state index in [4.69, 9.17) is 4.74 Å². The van der Waals surface area contributed by atoms with Gasteiger partial charge in [-0.2, -0.15) is 0 Å². The highest BCUT2D eigenvalue weighted by atomic mass is 16.5. The maximum Gasteiger partial charge on any atom is 0.191 e. The summed E-state index contributed by atoms with van der Waals surface area (Å²) in [6.07, 6.45) is 0. The first-order valence-electron chi connectivity index (χ1n) is 7.18. The van der Waals surface area contributed by atoms with Crippen LogP contribution in [-0.4, -0.2) is 50.5 Å². The van der Waals surface area contributed by atoms with Crippen molar-refractivity contribution in [1.82, 2.24) is 10.6 Å². The third-order valence-electron chi connectivity index (χ3n) is 3.47. The Labute approximate surface area is 127 Å². The molecule has 1 atom stereocenters. The summed E-state index contributed by atoms with van der Waals surface area (Å²) in [5.74, 6) is 0.745. The van der Waals surface area contributed by atoms with Crippen molar-refractivity contribution in [3.8, 4) is 0 Å². The zero-order chi connectivity index (χ0) is 15.7. The summed E-state index contributed by atoms with van der Waals surface area (Å²) >= 11 is 0. The number of hydrogen-bond donors (Lipinski definition) is 3. The summed E-state index contributed by atoms with van der Waals surface area (Å²) in [6.45, 7) is 5.38. The minimum absolute atomic E-state index is 0.0418. The van der Waals surface area contributed by atoms with Crippen molar-refractivity contribution in [2.45, 2.75) is 25.4 Å². The molecule has 0 saturated carbocycles. The van der Waals surface area contributed by atoms with Gasteiger partial charge in [0, 0.05) is 33.2 Å². The van der Waals surface area contributed by atoms with E-state index < -0.39 is 0 Å². The molecule has 3 N–H and O–H groups in total. The standard InChI is InChI=1S/C16H27N3O2/c1-16(2,21-4)12-19-15(17-3)18-10-14(11-20)13-8-6-5-7-9-13/h5-9,14,20H,10-12H2,1-4H3,(H2,17,18,19). The molecule has 0 bridgehead atoms. The topological polar surface area (TPSA) is 65.9 Å². The average molecular weight is 293 g/mol. The first-order valence-corrected chi connectivity index (χ1v) is 7.18. The van der Waals surface area contributed by atoms with Gasteiger partial charge in [-0.25, -0.2) is 0 Å². The number of rotatable bonds is 7. The Morgan fingerprint density at radius 2 is 1.95 bits per heavy atom. The molecule has 0 heterocycles. The van der Waals surface area contributed by atoms with Gasteiger partial charge >= 0.3 is 0 Å². The average Bonchev–Trinajstić information content (AvgIpc) is 2.52. The number of aliphatic hydroxyl groups excluding tert-OH is 1. The van der Waals surface area contributed by atoms with E-state index in [0.717, 1.165) is 5.56 Å². The molecule has 0 aliphatic heterocycles. The summed E-state index contributed by atoms with van der Waals surface area (Å²) in [7, 11) is 3.42. The van der Waals surface area contributed by atoms with Crippen LogP contribution in [0.5, 0.6) is 0 Å². The van der Waals surface area contributed by atoms with Crippen molar-refractivity contribution in [3.05, 3.63) is 35.9 Å². The molecule has 118 valence electrons. The van der Waals surface area contributed by atoms with Crippen LogP contribution in [0.25, 0.3) is 0 Å². The van der Waals surface area contributed by atoms with Crippen LogP contribution in [0.2, 0.25) is 0 Å². The molecule has 21 heavy (non-hydrogen) atoms. The minimum atomic E-state index is -0.257. The van der Waals surface area contributed by atoms with Crippen molar-refractivity contribution in [1.29, 1.82) is 0 Å². The predicted octanol–water partition coefficient (Wildman–Crippen LogP) is 1.35. The van der Waals surface area contributed by atoms with Gasteiger partial charge < -0.3 is 20.5 Å². The number of hydrogen-bond acceptors (Lipinski definition) is 3. The molecule has 0 spiro atoms. The van der Waals surface area contributed by atoms with Crippen molar-refractivity contribution < 1.29 is 9.84 Å². The fourth-order valence-electron chi connectivity index (χ4n) is 1.82. The van der Waals surface area contributed by atoms with E-state index in [1.165, 1.54) is 0 Å². The lowest BCUT2D eigenvalue weighted by molar-refractivity contribution is 0.0268. The van der Waals surface area contributed by atoms with E-state index in [2.05, 4.69) is 15.6 Å². The van der Waals surface area contributed by atoms with Gasteiger partial charge in [0.1, 0.15) is 0 Å². The SMILES string of the molecule is CN=C(NCC(CO)c1ccccc1)NCC(C)(C)OC. The van der Waals surface area contributed by atoms with Crippen LogP contribution in [0.15, 0.2) is 35.3 Å². The molecule has 0 amide bonds. The smallest absolute Gasteiger partial charge is 0.191 e. The van der Waals surface area contributed by atoms with Crippen LogP contribution in [0, 0.1) is 0 Å². The van der Waals surface area contributed by atoms with E-state index in [1.54, 1.807) is 14.2 Å². The predicted molar refractivity (Wildman–Crippen MR) is 86.7 cm³/mol. The molecule has 5 nitrogen and oxygen atoms in total. The lowest BCUT2D eigenvalue weighted by Crippen LogP contribution is -2.46. The van der Waals surface area contributed by atoms with Crippen LogP contribution in [-0.2, 0) is 4.74 Å².